The molecule has 5 nitrogen and oxygen atoms in total. The van der Waals surface area contributed by atoms with E-state index in [1.54, 1.807) is 0 Å². The lowest BCUT2D eigenvalue weighted by Gasteiger charge is -2.16. The van der Waals surface area contributed by atoms with Crippen molar-refractivity contribution in [3.05, 3.63) is 10.6 Å². The summed E-state index contributed by atoms with van der Waals surface area (Å²) in [5.74, 6) is -0.137. The van der Waals surface area contributed by atoms with Crippen LogP contribution in [0.5, 0.6) is 0 Å². The molecule has 0 aromatic carbocycles. The zero-order valence-electron chi connectivity index (χ0n) is 10.9. The van der Waals surface area contributed by atoms with Crippen molar-refractivity contribution in [2.24, 2.45) is 5.92 Å². The quantitative estimate of drug-likeness (QED) is 0.865. The number of amides is 1. The molecule has 1 aromatic rings. The molecule has 1 aromatic heterocycles. The summed E-state index contributed by atoms with van der Waals surface area (Å²) in [5, 5.41) is 6.84. The van der Waals surface area contributed by atoms with Gasteiger partial charge in [0.25, 0.3) is 0 Å². The van der Waals surface area contributed by atoms with Crippen LogP contribution in [0, 0.1) is 19.8 Å². The molecule has 100 valence electrons. The van der Waals surface area contributed by atoms with Crippen molar-refractivity contribution in [1.29, 1.82) is 0 Å². The van der Waals surface area contributed by atoms with Crippen molar-refractivity contribution in [3.8, 4) is 0 Å². The summed E-state index contributed by atoms with van der Waals surface area (Å²) in [5.41, 5.74) is 0.973. The molecule has 1 aliphatic rings. The lowest BCUT2D eigenvalue weighted by atomic mass is 10.0. The van der Waals surface area contributed by atoms with Crippen LogP contribution in [-0.4, -0.2) is 36.7 Å². The van der Waals surface area contributed by atoms with Crippen molar-refractivity contribution in [2.45, 2.75) is 26.8 Å². The Bertz CT molecular complexity index is 413. The molecule has 0 bridgehead atoms. The van der Waals surface area contributed by atoms with Crippen molar-refractivity contribution in [1.82, 2.24) is 10.3 Å². The average molecular weight is 269 g/mol. The van der Waals surface area contributed by atoms with Crippen LogP contribution in [0.4, 0.5) is 5.13 Å². The smallest absolute Gasteiger partial charge is 0.233 e. The third kappa shape index (κ3) is 2.88. The Balaban J connectivity index is 1.98. The summed E-state index contributed by atoms with van der Waals surface area (Å²) in [7, 11) is 0. The summed E-state index contributed by atoms with van der Waals surface area (Å²) < 4.78 is 5.37. The van der Waals surface area contributed by atoms with Crippen LogP contribution in [0.1, 0.15) is 17.5 Å². The summed E-state index contributed by atoms with van der Waals surface area (Å²) in [6.07, 6.45) is 0. The number of thiazole rings is 1. The monoisotopic (exact) mass is 269 g/mol. The van der Waals surface area contributed by atoms with Gasteiger partial charge < -0.3 is 15.4 Å². The SMILES string of the molecule is CCNC1COCC1C(=O)Nc1nc(C)c(C)s1. The minimum Gasteiger partial charge on any atom is -0.379 e. The lowest BCUT2D eigenvalue weighted by Crippen LogP contribution is -2.41. The predicted octanol–water partition coefficient (Wildman–Crippen LogP) is 1.32. The fourth-order valence-corrected chi connectivity index (χ4v) is 2.82. The second-order valence-electron chi connectivity index (χ2n) is 4.46. The number of ether oxygens (including phenoxy) is 1. The molecule has 18 heavy (non-hydrogen) atoms. The molecule has 2 rings (SSSR count). The Kier molecular flexibility index (Phi) is 4.31. The first-order valence-corrected chi connectivity index (χ1v) is 6.99. The van der Waals surface area contributed by atoms with E-state index in [4.69, 9.17) is 4.74 Å². The van der Waals surface area contributed by atoms with Crippen molar-refractivity contribution in [3.63, 3.8) is 0 Å². The number of carbonyl (C=O) groups is 1. The minimum absolute atomic E-state index is 0.00722. The van der Waals surface area contributed by atoms with E-state index in [0.29, 0.717) is 18.3 Å². The molecule has 1 aliphatic heterocycles. The Morgan fingerprint density at radius 2 is 2.28 bits per heavy atom. The molecule has 1 amide bonds. The normalized spacial score (nSPS) is 23.3. The average Bonchev–Trinajstić information content (AvgIpc) is 2.88. The molecule has 0 saturated carbocycles. The number of aromatic nitrogens is 1. The third-order valence-corrected chi connectivity index (χ3v) is 4.13. The standard InChI is InChI=1S/C12H19N3O2S/c1-4-13-10-6-17-5-9(10)11(16)15-12-14-7(2)8(3)18-12/h9-10,13H,4-6H2,1-3H3,(H,14,15,16). The zero-order valence-corrected chi connectivity index (χ0v) is 11.8. The highest BCUT2D eigenvalue weighted by molar-refractivity contribution is 7.15. The van der Waals surface area contributed by atoms with Crippen LogP contribution < -0.4 is 10.6 Å². The van der Waals surface area contributed by atoms with Crippen LogP contribution in [-0.2, 0) is 9.53 Å². The first-order valence-electron chi connectivity index (χ1n) is 6.17. The molecule has 2 unspecified atom stereocenters. The van der Waals surface area contributed by atoms with Crippen molar-refractivity contribution >= 4 is 22.4 Å². The first kappa shape index (κ1) is 13.5. The van der Waals surface area contributed by atoms with E-state index >= 15 is 0 Å². The topological polar surface area (TPSA) is 63.2 Å². The summed E-state index contributed by atoms with van der Waals surface area (Å²) in [6, 6.07) is 0.108. The van der Waals surface area contributed by atoms with Gasteiger partial charge in [0.1, 0.15) is 0 Å². The maximum Gasteiger partial charge on any atom is 0.233 e. The number of rotatable bonds is 4. The molecule has 0 radical (unpaired) electrons. The van der Waals surface area contributed by atoms with Crippen LogP contribution in [0.15, 0.2) is 0 Å². The van der Waals surface area contributed by atoms with E-state index in [1.807, 2.05) is 20.8 Å². The number of aryl methyl sites for hydroxylation is 2. The zero-order chi connectivity index (χ0) is 13.1. The predicted molar refractivity (Wildman–Crippen MR) is 72.0 cm³/mol. The maximum absolute atomic E-state index is 12.2. The number of nitrogens with zero attached hydrogens (tertiary/aromatic N) is 1. The fraction of sp³-hybridized carbons (Fsp3) is 0.667. The van der Waals surface area contributed by atoms with Crippen LogP contribution in [0.2, 0.25) is 0 Å². The third-order valence-electron chi connectivity index (χ3n) is 3.14. The largest absolute Gasteiger partial charge is 0.379 e. The number of likely N-dealkylation sites (N-methyl/N-ethyl adjacent to an activating group) is 1. The number of hydrogen-bond acceptors (Lipinski definition) is 5. The molecule has 2 N–H and O–H groups in total. The summed E-state index contributed by atoms with van der Waals surface area (Å²) in [4.78, 5) is 17.6. The molecule has 0 spiro atoms. The van der Waals surface area contributed by atoms with E-state index in [-0.39, 0.29) is 17.9 Å². The van der Waals surface area contributed by atoms with Gasteiger partial charge in [0, 0.05) is 10.9 Å². The number of carbonyl (C=O) groups excluding carboxylic acids is 1. The molecule has 0 aliphatic carbocycles. The van der Waals surface area contributed by atoms with Gasteiger partial charge >= 0.3 is 0 Å². The van der Waals surface area contributed by atoms with Crippen LogP contribution in [0.3, 0.4) is 0 Å². The number of anilines is 1. The van der Waals surface area contributed by atoms with E-state index in [0.717, 1.165) is 17.1 Å². The minimum atomic E-state index is -0.130. The molecule has 2 atom stereocenters. The van der Waals surface area contributed by atoms with Gasteiger partial charge in [-0.2, -0.15) is 0 Å². The second kappa shape index (κ2) is 5.77. The van der Waals surface area contributed by atoms with Gasteiger partial charge in [0.05, 0.1) is 24.8 Å². The van der Waals surface area contributed by atoms with E-state index < -0.39 is 0 Å². The Morgan fingerprint density at radius 1 is 1.50 bits per heavy atom. The lowest BCUT2D eigenvalue weighted by molar-refractivity contribution is -0.120. The highest BCUT2D eigenvalue weighted by Gasteiger charge is 2.33. The van der Waals surface area contributed by atoms with Gasteiger partial charge in [-0.25, -0.2) is 4.98 Å². The second-order valence-corrected chi connectivity index (χ2v) is 5.66. The highest BCUT2D eigenvalue weighted by atomic mass is 32.1. The van der Waals surface area contributed by atoms with E-state index in [9.17, 15) is 4.79 Å². The van der Waals surface area contributed by atoms with Gasteiger partial charge in [0.15, 0.2) is 5.13 Å². The molecular formula is C12H19N3O2S. The van der Waals surface area contributed by atoms with Crippen molar-refractivity contribution in [2.75, 3.05) is 25.1 Å². The molecule has 1 saturated heterocycles. The maximum atomic E-state index is 12.2. The van der Waals surface area contributed by atoms with E-state index in [2.05, 4.69) is 15.6 Å². The summed E-state index contributed by atoms with van der Waals surface area (Å²) >= 11 is 1.51. The molecule has 2 heterocycles. The molecule has 6 heteroatoms. The van der Waals surface area contributed by atoms with Gasteiger partial charge in [0.2, 0.25) is 5.91 Å². The van der Waals surface area contributed by atoms with Crippen LogP contribution in [0.25, 0.3) is 0 Å². The van der Waals surface area contributed by atoms with Gasteiger partial charge in [-0.1, -0.05) is 6.92 Å². The van der Waals surface area contributed by atoms with E-state index in [1.165, 1.54) is 11.3 Å². The fourth-order valence-electron chi connectivity index (χ4n) is 2.00. The van der Waals surface area contributed by atoms with Gasteiger partial charge in [-0.05, 0) is 20.4 Å². The highest BCUT2D eigenvalue weighted by Crippen LogP contribution is 2.23. The number of hydrogen-bond donors (Lipinski definition) is 2. The first-order chi connectivity index (χ1) is 8.61. The molecular weight excluding hydrogens is 250 g/mol. The molecule has 1 fully saturated rings. The van der Waals surface area contributed by atoms with Crippen molar-refractivity contribution < 1.29 is 9.53 Å². The number of nitrogens with one attached hydrogen (secondary N) is 2. The van der Waals surface area contributed by atoms with Gasteiger partial charge in [-0.15, -0.1) is 11.3 Å². The Labute approximate surface area is 111 Å². The Morgan fingerprint density at radius 3 is 2.89 bits per heavy atom. The van der Waals surface area contributed by atoms with Gasteiger partial charge in [-0.3, -0.25) is 4.79 Å². The summed E-state index contributed by atoms with van der Waals surface area (Å²) in [6.45, 7) is 7.90. The van der Waals surface area contributed by atoms with Crippen LogP contribution >= 0.6 is 11.3 Å². The Hall–Kier alpha value is -0.980.